The molecule has 2 unspecified atom stereocenters. The van der Waals surface area contributed by atoms with Crippen molar-refractivity contribution in [1.29, 1.82) is 0 Å². The summed E-state index contributed by atoms with van der Waals surface area (Å²) in [6, 6.07) is 5.91. The Balaban J connectivity index is 2.34. The topological polar surface area (TPSA) is 46.2 Å². The van der Waals surface area contributed by atoms with Gasteiger partial charge in [-0.05, 0) is 48.4 Å². The van der Waals surface area contributed by atoms with Crippen LogP contribution in [0.4, 0.5) is 5.69 Å². The minimum Gasteiger partial charge on any atom is -0.399 e. The third-order valence-corrected chi connectivity index (χ3v) is 3.91. The van der Waals surface area contributed by atoms with Crippen LogP contribution >= 0.6 is 0 Å². The monoisotopic (exact) mass is 219 g/mol. The predicted molar refractivity (Wildman–Crippen MR) is 67.1 cm³/mol. The first-order chi connectivity index (χ1) is 7.58. The first kappa shape index (κ1) is 11.5. The molecule has 1 aliphatic carbocycles. The number of nitrogen functional groups attached to an aromatic ring is 1. The van der Waals surface area contributed by atoms with E-state index in [0.717, 1.165) is 36.9 Å². The van der Waals surface area contributed by atoms with E-state index in [1.54, 1.807) is 0 Å². The number of hydrogen-bond acceptors (Lipinski definition) is 2. The molecule has 0 saturated heterocycles. The third-order valence-electron chi connectivity index (χ3n) is 3.91. The Morgan fingerprint density at radius 2 is 2.25 bits per heavy atom. The second-order valence-electron chi connectivity index (χ2n) is 5.03. The molecule has 0 saturated carbocycles. The van der Waals surface area contributed by atoms with E-state index in [4.69, 9.17) is 5.73 Å². The molecule has 0 amide bonds. The lowest BCUT2D eigenvalue weighted by molar-refractivity contribution is -0.0188. The molecule has 16 heavy (non-hydrogen) atoms. The van der Waals surface area contributed by atoms with Crippen LogP contribution in [0.3, 0.4) is 0 Å². The van der Waals surface area contributed by atoms with Crippen LogP contribution in [0.5, 0.6) is 0 Å². The van der Waals surface area contributed by atoms with Gasteiger partial charge in [0.25, 0.3) is 0 Å². The van der Waals surface area contributed by atoms with Crippen LogP contribution in [0.25, 0.3) is 0 Å². The largest absolute Gasteiger partial charge is 0.399 e. The first-order valence-corrected chi connectivity index (χ1v) is 6.19. The van der Waals surface area contributed by atoms with E-state index < -0.39 is 5.60 Å². The van der Waals surface area contributed by atoms with Crippen molar-refractivity contribution >= 4 is 5.69 Å². The molecule has 0 fully saturated rings. The van der Waals surface area contributed by atoms with Gasteiger partial charge in [0, 0.05) is 5.69 Å². The average molecular weight is 219 g/mol. The fourth-order valence-corrected chi connectivity index (χ4v) is 2.89. The van der Waals surface area contributed by atoms with Crippen molar-refractivity contribution in [2.75, 3.05) is 5.73 Å². The molecule has 0 spiro atoms. The number of aliphatic hydroxyl groups is 1. The van der Waals surface area contributed by atoms with E-state index in [9.17, 15) is 5.11 Å². The van der Waals surface area contributed by atoms with Crippen molar-refractivity contribution < 1.29 is 5.11 Å². The standard InChI is InChI=1S/C14H21NO/c1-3-4-10(2)14(16)8-7-11-9-12(15)5-6-13(11)14/h5-6,9-10,16H,3-4,7-8,15H2,1-2H3. The van der Waals surface area contributed by atoms with Crippen molar-refractivity contribution in [2.45, 2.75) is 45.1 Å². The maximum absolute atomic E-state index is 10.8. The van der Waals surface area contributed by atoms with Gasteiger partial charge in [0.15, 0.2) is 0 Å². The minimum absolute atomic E-state index is 0.322. The molecule has 0 aromatic heterocycles. The number of benzene rings is 1. The van der Waals surface area contributed by atoms with Gasteiger partial charge in [-0.25, -0.2) is 0 Å². The van der Waals surface area contributed by atoms with Gasteiger partial charge >= 0.3 is 0 Å². The van der Waals surface area contributed by atoms with Crippen LogP contribution in [0.1, 0.15) is 44.2 Å². The molecule has 2 heteroatoms. The van der Waals surface area contributed by atoms with Gasteiger partial charge in [0.05, 0.1) is 5.60 Å². The normalized spacial score (nSPS) is 25.4. The van der Waals surface area contributed by atoms with Crippen molar-refractivity contribution in [3.05, 3.63) is 29.3 Å². The Morgan fingerprint density at radius 1 is 1.50 bits per heavy atom. The summed E-state index contributed by atoms with van der Waals surface area (Å²) in [5.74, 6) is 0.322. The summed E-state index contributed by atoms with van der Waals surface area (Å²) in [5.41, 5.74) is 8.27. The number of fused-ring (bicyclic) bond motifs is 1. The second kappa shape index (κ2) is 4.10. The average Bonchev–Trinajstić information content (AvgIpc) is 2.58. The summed E-state index contributed by atoms with van der Waals surface area (Å²) < 4.78 is 0. The van der Waals surface area contributed by atoms with Crippen LogP contribution in [-0.4, -0.2) is 5.11 Å². The third kappa shape index (κ3) is 1.71. The molecule has 0 radical (unpaired) electrons. The van der Waals surface area contributed by atoms with Crippen molar-refractivity contribution in [2.24, 2.45) is 5.92 Å². The molecule has 3 N–H and O–H groups in total. The quantitative estimate of drug-likeness (QED) is 0.768. The molecule has 2 atom stereocenters. The molecule has 1 aliphatic rings. The van der Waals surface area contributed by atoms with Crippen LogP contribution in [0.15, 0.2) is 18.2 Å². The molecule has 0 aliphatic heterocycles. The Hall–Kier alpha value is -1.02. The number of hydrogen-bond donors (Lipinski definition) is 2. The fraction of sp³-hybridized carbons (Fsp3) is 0.571. The Kier molecular flexibility index (Phi) is 2.94. The number of aryl methyl sites for hydroxylation is 1. The molecular formula is C14H21NO. The summed E-state index contributed by atoms with van der Waals surface area (Å²) in [7, 11) is 0. The van der Waals surface area contributed by atoms with Crippen LogP contribution in [0, 0.1) is 5.92 Å². The fourth-order valence-electron chi connectivity index (χ4n) is 2.89. The zero-order valence-corrected chi connectivity index (χ0v) is 10.2. The van der Waals surface area contributed by atoms with Crippen LogP contribution in [0.2, 0.25) is 0 Å². The molecule has 88 valence electrons. The molecular weight excluding hydrogens is 198 g/mol. The van der Waals surface area contributed by atoms with E-state index in [1.165, 1.54) is 5.56 Å². The van der Waals surface area contributed by atoms with Gasteiger partial charge in [0.2, 0.25) is 0 Å². The number of anilines is 1. The molecule has 0 bridgehead atoms. The highest BCUT2D eigenvalue weighted by atomic mass is 16.3. The Bertz CT molecular complexity index is 388. The van der Waals surface area contributed by atoms with Gasteiger partial charge in [0.1, 0.15) is 0 Å². The van der Waals surface area contributed by atoms with Gasteiger partial charge in [-0.15, -0.1) is 0 Å². The summed E-state index contributed by atoms with van der Waals surface area (Å²) in [5, 5.41) is 10.8. The second-order valence-corrected chi connectivity index (χ2v) is 5.03. The van der Waals surface area contributed by atoms with Gasteiger partial charge in [-0.3, -0.25) is 0 Å². The molecule has 1 aromatic carbocycles. The minimum atomic E-state index is -0.626. The lowest BCUT2D eigenvalue weighted by atomic mass is 9.81. The van der Waals surface area contributed by atoms with Gasteiger partial charge in [-0.2, -0.15) is 0 Å². The zero-order chi connectivity index (χ0) is 11.8. The first-order valence-electron chi connectivity index (χ1n) is 6.19. The molecule has 2 rings (SSSR count). The highest BCUT2D eigenvalue weighted by Gasteiger charge is 2.40. The summed E-state index contributed by atoms with van der Waals surface area (Å²) in [4.78, 5) is 0. The van der Waals surface area contributed by atoms with Crippen LogP contribution < -0.4 is 5.73 Å². The van der Waals surface area contributed by atoms with E-state index >= 15 is 0 Å². The van der Waals surface area contributed by atoms with Gasteiger partial charge < -0.3 is 10.8 Å². The summed E-state index contributed by atoms with van der Waals surface area (Å²) in [6.45, 7) is 4.31. The Labute approximate surface area is 97.5 Å². The zero-order valence-electron chi connectivity index (χ0n) is 10.2. The van der Waals surface area contributed by atoms with Crippen LogP contribution in [-0.2, 0) is 12.0 Å². The van der Waals surface area contributed by atoms with E-state index in [0.29, 0.717) is 5.92 Å². The smallest absolute Gasteiger partial charge is 0.0927 e. The van der Waals surface area contributed by atoms with E-state index in [2.05, 4.69) is 13.8 Å². The van der Waals surface area contributed by atoms with Gasteiger partial charge in [-0.1, -0.05) is 26.3 Å². The molecule has 1 aromatic rings. The highest BCUT2D eigenvalue weighted by molar-refractivity contribution is 5.49. The number of rotatable bonds is 3. The van der Waals surface area contributed by atoms with E-state index in [1.807, 2.05) is 18.2 Å². The van der Waals surface area contributed by atoms with Crippen molar-refractivity contribution in [3.63, 3.8) is 0 Å². The molecule has 0 heterocycles. The molecule has 2 nitrogen and oxygen atoms in total. The highest BCUT2D eigenvalue weighted by Crippen LogP contribution is 2.44. The van der Waals surface area contributed by atoms with Crippen molar-refractivity contribution in [3.8, 4) is 0 Å². The lowest BCUT2D eigenvalue weighted by Crippen LogP contribution is -2.30. The van der Waals surface area contributed by atoms with Crippen molar-refractivity contribution in [1.82, 2.24) is 0 Å². The SMILES string of the molecule is CCCC(C)C1(O)CCc2cc(N)ccc21. The Morgan fingerprint density at radius 3 is 2.94 bits per heavy atom. The number of nitrogens with two attached hydrogens (primary N) is 1. The van der Waals surface area contributed by atoms with E-state index in [-0.39, 0.29) is 0 Å². The maximum atomic E-state index is 10.8. The summed E-state index contributed by atoms with van der Waals surface area (Å²) >= 11 is 0. The lowest BCUT2D eigenvalue weighted by Gasteiger charge is -2.31. The maximum Gasteiger partial charge on any atom is 0.0927 e. The predicted octanol–water partition coefficient (Wildman–Crippen LogP) is 2.84. The summed E-state index contributed by atoms with van der Waals surface area (Å²) in [6.07, 6.45) is 3.98.